The molecule has 0 heterocycles. The van der Waals surface area contributed by atoms with E-state index in [1.54, 1.807) is 6.92 Å². The Labute approximate surface area is 219 Å². The molecule has 2 rings (SSSR count). The lowest BCUT2D eigenvalue weighted by Gasteiger charge is -2.17. The SMILES string of the molecule is CC(COc1ccc(C(=NOS(C)(=O)=O)C(F)(F)F)cc1)Oc1ccc(C(=NOS(C)(=O)=O)C(F)(F)F)cc1. The number of alkyl halides is 6. The fourth-order valence-corrected chi connectivity index (χ4v) is 3.05. The molecule has 1 atom stereocenters. The Hall–Kier alpha value is -3.54. The average molecular weight is 607 g/mol. The Morgan fingerprint density at radius 2 is 1.08 bits per heavy atom. The molecule has 0 saturated heterocycles. The second-order valence-corrected chi connectivity index (χ2v) is 10.8. The summed E-state index contributed by atoms with van der Waals surface area (Å²) in [5, 5.41) is 5.36. The van der Waals surface area contributed by atoms with E-state index in [2.05, 4.69) is 18.9 Å². The van der Waals surface area contributed by atoms with Crippen molar-refractivity contribution in [3.05, 3.63) is 59.7 Å². The van der Waals surface area contributed by atoms with Gasteiger partial charge in [-0.25, -0.2) is 0 Å². The molecule has 0 saturated carbocycles. The van der Waals surface area contributed by atoms with Gasteiger partial charge in [-0.05, 0) is 55.5 Å². The number of hydrogen-bond donors (Lipinski definition) is 0. The molecule has 1 unspecified atom stereocenters. The molecule has 0 aromatic heterocycles. The van der Waals surface area contributed by atoms with Crippen molar-refractivity contribution in [3.8, 4) is 11.5 Å². The second-order valence-electron chi connectivity index (χ2n) is 7.72. The van der Waals surface area contributed by atoms with Crippen LogP contribution in [0.25, 0.3) is 0 Å². The Bertz CT molecular complexity index is 1400. The Kier molecular flexibility index (Phi) is 9.83. The second kappa shape index (κ2) is 12.1. The molecule has 0 radical (unpaired) electrons. The monoisotopic (exact) mass is 606 g/mol. The number of benzene rings is 2. The fraction of sp³-hybridized carbons (Fsp3) is 0.333. The van der Waals surface area contributed by atoms with Crippen molar-refractivity contribution < 1.29 is 61.2 Å². The molecule has 0 aliphatic heterocycles. The number of hydrogen-bond acceptors (Lipinski definition) is 10. The van der Waals surface area contributed by atoms with E-state index < -0.39 is 61.2 Å². The first kappa shape index (κ1) is 31.7. The van der Waals surface area contributed by atoms with E-state index in [9.17, 15) is 43.2 Å². The van der Waals surface area contributed by atoms with E-state index in [-0.39, 0.29) is 18.1 Å². The normalized spacial score (nSPS) is 14.5. The quantitative estimate of drug-likeness (QED) is 0.213. The maximum atomic E-state index is 13.2. The summed E-state index contributed by atoms with van der Waals surface area (Å²) in [5.74, 6) is 0.236. The maximum absolute atomic E-state index is 13.2. The molecule has 0 spiro atoms. The van der Waals surface area contributed by atoms with Crippen molar-refractivity contribution in [2.75, 3.05) is 19.1 Å². The standard InChI is InChI=1S/C21H20F6N2O8S2/c1-13(35-17-10-6-15(7-11-17)19(21(25,26)27)29-37-39(3,32)33)12-34-16-8-4-14(5-9-16)18(20(22,23)24)28-36-38(2,30)31/h4-11,13H,12H2,1-3H3. The van der Waals surface area contributed by atoms with Gasteiger partial charge in [0.2, 0.25) is 0 Å². The largest absolute Gasteiger partial charge is 0.490 e. The molecule has 0 amide bonds. The van der Waals surface area contributed by atoms with Crippen LogP contribution in [0.15, 0.2) is 58.8 Å². The Balaban J connectivity index is 2.05. The number of oxime groups is 2. The number of nitrogens with zero attached hydrogens (tertiary/aromatic N) is 2. The summed E-state index contributed by atoms with van der Waals surface area (Å²) in [6, 6.07) is 8.57. The molecule has 39 heavy (non-hydrogen) atoms. The molecule has 0 bridgehead atoms. The highest BCUT2D eigenvalue weighted by molar-refractivity contribution is 7.86. The first-order valence-corrected chi connectivity index (χ1v) is 14.0. The number of ether oxygens (including phenoxy) is 2. The molecule has 10 nitrogen and oxygen atoms in total. The predicted octanol–water partition coefficient (Wildman–Crippen LogP) is 4.02. The van der Waals surface area contributed by atoms with E-state index in [0.717, 1.165) is 36.4 Å². The van der Waals surface area contributed by atoms with Gasteiger partial charge >= 0.3 is 32.6 Å². The van der Waals surface area contributed by atoms with Gasteiger partial charge in [-0.2, -0.15) is 43.2 Å². The topological polar surface area (TPSA) is 130 Å². The highest BCUT2D eigenvalue weighted by atomic mass is 32.2. The van der Waals surface area contributed by atoms with Gasteiger partial charge in [0.1, 0.15) is 24.2 Å². The minimum Gasteiger partial charge on any atom is -0.490 e. The van der Waals surface area contributed by atoms with Crippen molar-refractivity contribution >= 4 is 31.7 Å². The zero-order valence-corrected chi connectivity index (χ0v) is 21.8. The lowest BCUT2D eigenvalue weighted by molar-refractivity contribution is -0.0606. The summed E-state index contributed by atoms with van der Waals surface area (Å²) < 4.78 is 142. The average Bonchev–Trinajstić information content (AvgIpc) is 2.76. The molecule has 0 aliphatic rings. The van der Waals surface area contributed by atoms with Crippen LogP contribution < -0.4 is 9.47 Å². The van der Waals surface area contributed by atoms with Crippen LogP contribution >= 0.6 is 0 Å². The molecule has 0 N–H and O–H groups in total. The third kappa shape index (κ3) is 11.0. The van der Waals surface area contributed by atoms with Crippen LogP contribution in [0.1, 0.15) is 18.1 Å². The molecular weight excluding hydrogens is 586 g/mol. The van der Waals surface area contributed by atoms with Gasteiger partial charge in [-0.1, -0.05) is 10.3 Å². The molecule has 2 aromatic rings. The summed E-state index contributed by atoms with van der Waals surface area (Å²) in [5.41, 5.74) is -4.15. The van der Waals surface area contributed by atoms with Crippen LogP contribution in [0.2, 0.25) is 0 Å². The third-order valence-electron chi connectivity index (χ3n) is 4.14. The molecule has 0 fully saturated rings. The van der Waals surface area contributed by atoms with E-state index in [1.807, 2.05) is 0 Å². The molecule has 216 valence electrons. The van der Waals surface area contributed by atoms with Gasteiger partial charge < -0.3 is 9.47 Å². The van der Waals surface area contributed by atoms with Gasteiger partial charge in [0, 0.05) is 11.1 Å². The van der Waals surface area contributed by atoms with Crippen molar-refractivity contribution in [1.29, 1.82) is 0 Å². The van der Waals surface area contributed by atoms with Gasteiger partial charge in [0.15, 0.2) is 11.4 Å². The van der Waals surface area contributed by atoms with Crippen LogP contribution in [0.5, 0.6) is 11.5 Å². The minimum absolute atomic E-state index is 0.118. The van der Waals surface area contributed by atoms with Crippen molar-refractivity contribution in [2.24, 2.45) is 10.3 Å². The Morgan fingerprint density at radius 3 is 1.41 bits per heavy atom. The zero-order valence-electron chi connectivity index (χ0n) is 20.1. The molecule has 2 aromatic carbocycles. The molecule has 0 aliphatic carbocycles. The van der Waals surface area contributed by atoms with Crippen LogP contribution in [0, 0.1) is 0 Å². The van der Waals surface area contributed by atoms with Crippen LogP contribution in [0.4, 0.5) is 26.3 Å². The van der Waals surface area contributed by atoms with E-state index >= 15 is 0 Å². The molecule has 18 heteroatoms. The lowest BCUT2D eigenvalue weighted by Crippen LogP contribution is -2.25. The zero-order chi connectivity index (χ0) is 29.6. The van der Waals surface area contributed by atoms with Crippen molar-refractivity contribution in [1.82, 2.24) is 0 Å². The first-order chi connectivity index (χ1) is 17.7. The minimum atomic E-state index is -5.02. The lowest BCUT2D eigenvalue weighted by atomic mass is 10.1. The van der Waals surface area contributed by atoms with Crippen molar-refractivity contribution in [2.45, 2.75) is 25.4 Å². The highest BCUT2D eigenvalue weighted by Gasteiger charge is 2.39. The molecular formula is C21H20F6N2O8S2. The van der Waals surface area contributed by atoms with Gasteiger partial charge in [0.05, 0.1) is 12.5 Å². The van der Waals surface area contributed by atoms with E-state index in [1.165, 1.54) is 12.1 Å². The predicted molar refractivity (Wildman–Crippen MR) is 126 cm³/mol. The summed E-state index contributed by atoms with van der Waals surface area (Å²) in [7, 11) is -8.54. The smallest absolute Gasteiger partial charge is 0.437 e. The van der Waals surface area contributed by atoms with Gasteiger partial charge in [-0.15, -0.1) is 0 Å². The van der Waals surface area contributed by atoms with Crippen LogP contribution in [0.3, 0.4) is 0 Å². The van der Waals surface area contributed by atoms with Crippen LogP contribution in [-0.2, 0) is 28.8 Å². The summed E-state index contributed by atoms with van der Waals surface area (Å²) >= 11 is 0. The number of halogens is 6. The Morgan fingerprint density at radius 1 is 0.718 bits per heavy atom. The van der Waals surface area contributed by atoms with Crippen molar-refractivity contribution in [3.63, 3.8) is 0 Å². The summed E-state index contributed by atoms with van der Waals surface area (Å²) in [6.07, 6.45) is -9.65. The first-order valence-electron chi connectivity index (χ1n) is 10.3. The van der Waals surface area contributed by atoms with Gasteiger partial charge in [-0.3, -0.25) is 8.57 Å². The van der Waals surface area contributed by atoms with Gasteiger partial charge in [0.25, 0.3) is 0 Å². The summed E-state index contributed by atoms with van der Waals surface area (Å²) in [6.45, 7) is 1.41. The maximum Gasteiger partial charge on any atom is 0.437 e. The van der Waals surface area contributed by atoms with Crippen LogP contribution in [-0.4, -0.2) is 65.8 Å². The van der Waals surface area contributed by atoms with E-state index in [0.29, 0.717) is 12.5 Å². The number of rotatable bonds is 11. The van der Waals surface area contributed by atoms with E-state index in [4.69, 9.17) is 9.47 Å². The highest BCUT2D eigenvalue weighted by Crippen LogP contribution is 2.26. The summed E-state index contributed by atoms with van der Waals surface area (Å²) in [4.78, 5) is 0. The fourth-order valence-electron chi connectivity index (χ4n) is 2.63. The third-order valence-corrected chi connectivity index (χ3v) is 4.83.